The van der Waals surface area contributed by atoms with Gasteiger partial charge in [-0.1, -0.05) is 29.8 Å². The highest BCUT2D eigenvalue weighted by molar-refractivity contribution is 9.10. The topological polar surface area (TPSA) is 66.4 Å². The summed E-state index contributed by atoms with van der Waals surface area (Å²) in [6.45, 7) is 2.08. The van der Waals surface area contributed by atoms with Crippen molar-refractivity contribution in [3.05, 3.63) is 56.2 Å². The normalized spacial score (nSPS) is 11.9. The van der Waals surface area contributed by atoms with Crippen molar-refractivity contribution in [3.8, 4) is 0 Å². The maximum atomic E-state index is 12.0. The van der Waals surface area contributed by atoms with Crippen LogP contribution in [0.25, 0.3) is 0 Å². The van der Waals surface area contributed by atoms with E-state index in [1.807, 2.05) is 36.6 Å². The van der Waals surface area contributed by atoms with Gasteiger partial charge < -0.3 is 10.4 Å². The fourth-order valence-corrected chi connectivity index (χ4v) is 3.45. The number of carbonyl (C=O) groups is 2. The largest absolute Gasteiger partial charge is 0.481 e. The first-order valence-electron chi connectivity index (χ1n) is 6.76. The molecule has 1 unspecified atom stereocenters. The Hall–Kier alpha value is -1.66. The number of thiophene rings is 1. The van der Waals surface area contributed by atoms with E-state index in [0.29, 0.717) is 11.3 Å². The highest BCUT2D eigenvalue weighted by Crippen LogP contribution is 2.19. The van der Waals surface area contributed by atoms with Crippen LogP contribution in [-0.4, -0.2) is 23.5 Å². The maximum Gasteiger partial charge on any atom is 0.308 e. The van der Waals surface area contributed by atoms with E-state index in [0.717, 1.165) is 15.6 Å². The lowest BCUT2D eigenvalue weighted by Crippen LogP contribution is -2.33. The van der Waals surface area contributed by atoms with Crippen molar-refractivity contribution < 1.29 is 14.7 Å². The zero-order valence-electron chi connectivity index (χ0n) is 12.0. The predicted molar refractivity (Wildman–Crippen MR) is 90.4 cm³/mol. The summed E-state index contributed by atoms with van der Waals surface area (Å²) in [4.78, 5) is 23.9. The molecule has 2 aromatic rings. The van der Waals surface area contributed by atoms with E-state index < -0.39 is 11.9 Å². The third-order valence-electron chi connectivity index (χ3n) is 3.21. The number of hydrogen-bond donors (Lipinski definition) is 2. The van der Waals surface area contributed by atoms with Crippen molar-refractivity contribution in [1.82, 2.24) is 5.32 Å². The lowest BCUT2D eigenvalue weighted by atomic mass is 9.98. The fourth-order valence-electron chi connectivity index (χ4n) is 2.11. The molecule has 2 rings (SSSR count). The summed E-state index contributed by atoms with van der Waals surface area (Å²) in [6, 6.07) is 9.46. The minimum atomic E-state index is -0.908. The Kier molecular flexibility index (Phi) is 5.74. The van der Waals surface area contributed by atoms with E-state index in [4.69, 9.17) is 0 Å². The van der Waals surface area contributed by atoms with Crippen LogP contribution in [0.4, 0.5) is 0 Å². The Bertz CT molecular complexity index is 684. The molecule has 1 heterocycles. The first kappa shape index (κ1) is 16.7. The molecule has 1 aromatic carbocycles. The van der Waals surface area contributed by atoms with Gasteiger partial charge in [0.1, 0.15) is 0 Å². The maximum absolute atomic E-state index is 12.0. The first-order chi connectivity index (χ1) is 10.5. The van der Waals surface area contributed by atoms with Gasteiger partial charge in [0.05, 0.1) is 10.8 Å². The van der Waals surface area contributed by atoms with Crippen LogP contribution < -0.4 is 5.32 Å². The van der Waals surface area contributed by atoms with Gasteiger partial charge >= 0.3 is 5.97 Å². The van der Waals surface area contributed by atoms with Gasteiger partial charge in [-0.2, -0.15) is 0 Å². The van der Waals surface area contributed by atoms with Crippen molar-refractivity contribution in [2.45, 2.75) is 13.3 Å². The van der Waals surface area contributed by atoms with Gasteiger partial charge in [0.15, 0.2) is 0 Å². The number of nitrogens with one attached hydrogen (secondary N) is 1. The number of carboxylic acid groups (broad SMARTS) is 1. The summed E-state index contributed by atoms with van der Waals surface area (Å²) in [5.74, 6) is -1.80. The molecule has 0 aliphatic heterocycles. The monoisotopic (exact) mass is 381 g/mol. The number of carboxylic acids is 1. The van der Waals surface area contributed by atoms with Gasteiger partial charge in [0.2, 0.25) is 0 Å². The van der Waals surface area contributed by atoms with E-state index in [1.54, 1.807) is 6.07 Å². The average Bonchev–Trinajstić information content (AvgIpc) is 2.89. The van der Waals surface area contributed by atoms with E-state index in [2.05, 4.69) is 21.2 Å². The molecule has 0 bridgehead atoms. The molecule has 0 fully saturated rings. The molecule has 2 N–H and O–H groups in total. The number of benzene rings is 1. The van der Waals surface area contributed by atoms with E-state index in [9.17, 15) is 14.7 Å². The second-order valence-corrected chi connectivity index (χ2v) is 6.89. The van der Waals surface area contributed by atoms with Gasteiger partial charge in [0, 0.05) is 16.4 Å². The molecule has 0 saturated heterocycles. The van der Waals surface area contributed by atoms with Crippen molar-refractivity contribution in [1.29, 1.82) is 0 Å². The van der Waals surface area contributed by atoms with Gasteiger partial charge in [-0.25, -0.2) is 0 Å². The van der Waals surface area contributed by atoms with Crippen LogP contribution in [0.5, 0.6) is 0 Å². The van der Waals surface area contributed by atoms with Crippen LogP contribution in [0, 0.1) is 12.8 Å². The van der Waals surface area contributed by atoms with Crippen LogP contribution in [0.2, 0.25) is 0 Å². The molecule has 0 aliphatic rings. The smallest absolute Gasteiger partial charge is 0.308 e. The zero-order chi connectivity index (χ0) is 16.1. The molecular weight excluding hydrogens is 366 g/mol. The standard InChI is InChI=1S/C16H16BrNO3S/c1-10-3-2-4-11(5-10)6-12(16(20)21)8-18-15(19)14-7-13(17)9-22-14/h2-5,7,9,12H,6,8H2,1H3,(H,18,19)(H,20,21). The number of halogens is 1. The van der Waals surface area contributed by atoms with Crippen LogP contribution in [0.15, 0.2) is 40.2 Å². The first-order valence-corrected chi connectivity index (χ1v) is 8.43. The fraction of sp³-hybridized carbons (Fsp3) is 0.250. The van der Waals surface area contributed by atoms with Crippen molar-refractivity contribution in [2.24, 2.45) is 5.92 Å². The highest BCUT2D eigenvalue weighted by Gasteiger charge is 2.20. The molecule has 1 atom stereocenters. The molecule has 22 heavy (non-hydrogen) atoms. The lowest BCUT2D eigenvalue weighted by molar-refractivity contribution is -0.141. The third-order valence-corrected chi connectivity index (χ3v) is 4.90. The van der Waals surface area contributed by atoms with Gasteiger partial charge in [-0.05, 0) is 40.9 Å². The number of amides is 1. The SMILES string of the molecule is Cc1cccc(CC(CNC(=O)c2cc(Br)cs2)C(=O)O)c1. The van der Waals surface area contributed by atoms with Crippen LogP contribution in [-0.2, 0) is 11.2 Å². The van der Waals surface area contributed by atoms with Crippen LogP contribution in [0.3, 0.4) is 0 Å². The molecule has 1 amide bonds. The predicted octanol–water partition coefficient (Wildman–Crippen LogP) is 3.49. The minimum Gasteiger partial charge on any atom is -0.481 e. The summed E-state index contributed by atoms with van der Waals surface area (Å²) in [7, 11) is 0. The number of carbonyl (C=O) groups excluding carboxylic acids is 1. The number of aliphatic carboxylic acids is 1. The van der Waals surface area contributed by atoms with E-state index in [-0.39, 0.29) is 12.5 Å². The summed E-state index contributed by atoms with van der Waals surface area (Å²) in [5.41, 5.74) is 2.05. The molecule has 116 valence electrons. The highest BCUT2D eigenvalue weighted by atomic mass is 79.9. The molecule has 0 saturated carbocycles. The molecule has 6 heteroatoms. The molecular formula is C16H16BrNO3S. The van der Waals surface area contributed by atoms with Crippen LogP contribution in [0.1, 0.15) is 20.8 Å². The second kappa shape index (κ2) is 7.56. The summed E-state index contributed by atoms with van der Waals surface area (Å²) >= 11 is 4.61. The second-order valence-electron chi connectivity index (χ2n) is 5.07. The quantitative estimate of drug-likeness (QED) is 0.804. The average molecular weight is 382 g/mol. The number of hydrogen-bond acceptors (Lipinski definition) is 3. The number of rotatable bonds is 6. The van der Waals surface area contributed by atoms with Gasteiger partial charge in [-0.3, -0.25) is 9.59 Å². The molecule has 0 aliphatic carbocycles. The molecule has 0 radical (unpaired) electrons. The summed E-state index contributed by atoms with van der Waals surface area (Å²) in [6.07, 6.45) is 0.394. The number of aryl methyl sites for hydroxylation is 1. The molecule has 0 spiro atoms. The lowest BCUT2D eigenvalue weighted by Gasteiger charge is -2.13. The Morgan fingerprint density at radius 3 is 2.73 bits per heavy atom. The zero-order valence-corrected chi connectivity index (χ0v) is 14.4. The van der Waals surface area contributed by atoms with E-state index in [1.165, 1.54) is 11.3 Å². The van der Waals surface area contributed by atoms with Crippen molar-refractivity contribution >= 4 is 39.1 Å². The summed E-state index contributed by atoms with van der Waals surface area (Å²) < 4.78 is 0.845. The van der Waals surface area contributed by atoms with Crippen molar-refractivity contribution in [2.75, 3.05) is 6.54 Å². The molecule has 4 nitrogen and oxygen atoms in total. The summed E-state index contributed by atoms with van der Waals surface area (Å²) in [5, 5.41) is 13.8. The van der Waals surface area contributed by atoms with Crippen LogP contribution >= 0.6 is 27.3 Å². The Balaban J connectivity index is 1.97. The Labute approximate surface area is 141 Å². The Morgan fingerprint density at radius 1 is 1.36 bits per heavy atom. The van der Waals surface area contributed by atoms with Gasteiger partial charge in [0.25, 0.3) is 5.91 Å². The third kappa shape index (κ3) is 4.68. The van der Waals surface area contributed by atoms with Crippen molar-refractivity contribution in [3.63, 3.8) is 0 Å². The molecule has 1 aromatic heterocycles. The van der Waals surface area contributed by atoms with Gasteiger partial charge in [-0.15, -0.1) is 11.3 Å². The Morgan fingerprint density at radius 2 is 2.14 bits per heavy atom. The minimum absolute atomic E-state index is 0.109. The van der Waals surface area contributed by atoms with E-state index >= 15 is 0 Å².